The van der Waals surface area contributed by atoms with Gasteiger partial charge >= 0.3 is 0 Å². The first kappa shape index (κ1) is 8.54. The average Bonchev–Trinajstić information content (AvgIpc) is 3.01. The monoisotopic (exact) mass is 192 g/mol. The smallest absolute Gasteiger partial charge is 0.136 e. The summed E-state index contributed by atoms with van der Waals surface area (Å²) in [5, 5.41) is 10.7. The van der Waals surface area contributed by atoms with Gasteiger partial charge in [0.25, 0.3) is 0 Å². The molecule has 1 heterocycles. The van der Waals surface area contributed by atoms with Crippen LogP contribution in [0.25, 0.3) is 0 Å². The average molecular weight is 192 g/mol. The lowest BCUT2D eigenvalue weighted by Crippen LogP contribution is -2.30. The van der Waals surface area contributed by atoms with Gasteiger partial charge in [-0.1, -0.05) is 0 Å². The molecule has 76 valence electrons. The molecule has 0 aromatic carbocycles. The van der Waals surface area contributed by atoms with Crippen LogP contribution in [0.3, 0.4) is 0 Å². The molecule has 2 heteroatoms. The van der Waals surface area contributed by atoms with Gasteiger partial charge in [-0.25, -0.2) is 0 Å². The topological polar surface area (TPSA) is 33.4 Å². The minimum atomic E-state index is -0.631. The quantitative estimate of drug-likeness (QED) is 0.798. The van der Waals surface area contributed by atoms with E-state index in [4.69, 9.17) is 4.42 Å². The van der Waals surface area contributed by atoms with Crippen LogP contribution in [0.5, 0.6) is 0 Å². The summed E-state index contributed by atoms with van der Waals surface area (Å²) in [5.41, 5.74) is -0.631. The Morgan fingerprint density at radius 3 is 2.14 bits per heavy atom. The standard InChI is InChI=1S/C12H16O2/c1-8-2-7-11(14-8)12(13,9-3-4-9)10-5-6-10/h2,7,9-10,13H,3-6H2,1H3. The summed E-state index contributed by atoms with van der Waals surface area (Å²) in [6.45, 7) is 1.93. The van der Waals surface area contributed by atoms with Crippen molar-refractivity contribution in [2.75, 3.05) is 0 Å². The van der Waals surface area contributed by atoms with Gasteiger partial charge in [-0.3, -0.25) is 0 Å². The molecule has 14 heavy (non-hydrogen) atoms. The Kier molecular flexibility index (Phi) is 1.61. The van der Waals surface area contributed by atoms with Gasteiger partial charge in [0.1, 0.15) is 17.1 Å². The fourth-order valence-corrected chi connectivity index (χ4v) is 2.43. The van der Waals surface area contributed by atoms with Crippen LogP contribution < -0.4 is 0 Å². The van der Waals surface area contributed by atoms with Crippen molar-refractivity contribution in [3.63, 3.8) is 0 Å². The number of rotatable bonds is 3. The molecule has 2 aliphatic rings. The normalized spacial score (nSPS) is 22.7. The highest BCUT2D eigenvalue weighted by atomic mass is 16.4. The Bertz CT molecular complexity index is 333. The molecule has 2 saturated carbocycles. The molecular weight excluding hydrogens is 176 g/mol. The van der Waals surface area contributed by atoms with Gasteiger partial charge in [0.05, 0.1) is 0 Å². The maximum Gasteiger partial charge on any atom is 0.136 e. The molecule has 0 aliphatic heterocycles. The van der Waals surface area contributed by atoms with Crippen molar-refractivity contribution < 1.29 is 9.52 Å². The molecule has 0 radical (unpaired) electrons. The van der Waals surface area contributed by atoms with Crippen molar-refractivity contribution in [2.45, 2.75) is 38.2 Å². The van der Waals surface area contributed by atoms with Gasteiger partial charge in [-0.15, -0.1) is 0 Å². The SMILES string of the molecule is Cc1ccc(C(O)(C2CC2)C2CC2)o1. The molecule has 1 aromatic heterocycles. The maximum absolute atomic E-state index is 10.7. The van der Waals surface area contributed by atoms with Crippen LogP contribution in [0.2, 0.25) is 0 Å². The van der Waals surface area contributed by atoms with Crippen LogP contribution in [-0.2, 0) is 5.60 Å². The Morgan fingerprint density at radius 1 is 1.21 bits per heavy atom. The van der Waals surface area contributed by atoms with E-state index in [2.05, 4.69) is 0 Å². The van der Waals surface area contributed by atoms with Gasteiger partial charge in [-0.05, 0) is 56.6 Å². The van der Waals surface area contributed by atoms with E-state index in [1.54, 1.807) is 0 Å². The van der Waals surface area contributed by atoms with Crippen LogP contribution >= 0.6 is 0 Å². The van der Waals surface area contributed by atoms with Crippen molar-refractivity contribution in [3.8, 4) is 0 Å². The minimum absolute atomic E-state index is 0.459. The van der Waals surface area contributed by atoms with Crippen LogP contribution in [-0.4, -0.2) is 5.11 Å². The van der Waals surface area contributed by atoms with E-state index >= 15 is 0 Å². The minimum Gasteiger partial charge on any atom is -0.463 e. The molecule has 2 aliphatic carbocycles. The van der Waals surface area contributed by atoms with Gasteiger partial charge < -0.3 is 9.52 Å². The lowest BCUT2D eigenvalue weighted by molar-refractivity contribution is -0.0303. The number of hydrogen-bond donors (Lipinski definition) is 1. The third kappa shape index (κ3) is 1.13. The van der Waals surface area contributed by atoms with Crippen molar-refractivity contribution >= 4 is 0 Å². The largest absolute Gasteiger partial charge is 0.463 e. The molecule has 0 saturated heterocycles. The Hall–Kier alpha value is -0.760. The summed E-state index contributed by atoms with van der Waals surface area (Å²) in [7, 11) is 0. The zero-order valence-electron chi connectivity index (χ0n) is 8.49. The first-order chi connectivity index (χ1) is 6.71. The van der Waals surface area contributed by atoms with Crippen molar-refractivity contribution in [1.82, 2.24) is 0 Å². The summed E-state index contributed by atoms with van der Waals surface area (Å²) in [4.78, 5) is 0. The van der Waals surface area contributed by atoms with Crippen LogP contribution in [0.15, 0.2) is 16.5 Å². The number of hydrogen-bond acceptors (Lipinski definition) is 2. The number of aryl methyl sites for hydroxylation is 1. The molecule has 0 amide bonds. The summed E-state index contributed by atoms with van der Waals surface area (Å²) in [6, 6.07) is 3.90. The first-order valence-corrected chi connectivity index (χ1v) is 5.50. The summed E-state index contributed by atoms with van der Waals surface area (Å²) in [6.07, 6.45) is 4.64. The van der Waals surface area contributed by atoms with Gasteiger partial charge in [0.2, 0.25) is 0 Å². The summed E-state index contributed by atoms with van der Waals surface area (Å²) < 4.78 is 5.60. The lowest BCUT2D eigenvalue weighted by atomic mass is 9.89. The molecule has 1 aromatic rings. The maximum atomic E-state index is 10.7. The lowest BCUT2D eigenvalue weighted by Gasteiger charge is -2.25. The Labute approximate surface area is 83.9 Å². The van der Waals surface area contributed by atoms with Crippen LogP contribution in [0, 0.1) is 18.8 Å². The second-order valence-corrected chi connectivity index (χ2v) is 4.78. The highest BCUT2D eigenvalue weighted by molar-refractivity contribution is 5.20. The van der Waals surface area contributed by atoms with E-state index in [1.165, 1.54) is 0 Å². The Morgan fingerprint density at radius 2 is 1.79 bits per heavy atom. The third-order valence-corrected chi connectivity index (χ3v) is 3.53. The number of furan rings is 1. The van der Waals surface area contributed by atoms with E-state index in [0.29, 0.717) is 11.8 Å². The van der Waals surface area contributed by atoms with Crippen LogP contribution in [0.1, 0.15) is 37.2 Å². The fourth-order valence-electron chi connectivity index (χ4n) is 2.43. The zero-order chi connectivity index (χ0) is 9.76. The van der Waals surface area contributed by atoms with E-state index in [0.717, 1.165) is 37.2 Å². The first-order valence-electron chi connectivity index (χ1n) is 5.50. The van der Waals surface area contributed by atoms with Crippen molar-refractivity contribution in [1.29, 1.82) is 0 Å². The Balaban J connectivity index is 1.98. The van der Waals surface area contributed by atoms with Gasteiger partial charge in [-0.2, -0.15) is 0 Å². The second-order valence-electron chi connectivity index (χ2n) is 4.78. The molecule has 0 atom stereocenters. The molecule has 3 rings (SSSR count). The third-order valence-electron chi connectivity index (χ3n) is 3.53. The molecular formula is C12H16O2. The van der Waals surface area contributed by atoms with E-state index in [-0.39, 0.29) is 0 Å². The van der Waals surface area contributed by atoms with E-state index in [1.807, 2.05) is 19.1 Å². The highest BCUT2D eigenvalue weighted by Gasteiger charge is 2.56. The second kappa shape index (κ2) is 2.63. The van der Waals surface area contributed by atoms with E-state index in [9.17, 15) is 5.11 Å². The van der Waals surface area contributed by atoms with Gasteiger partial charge in [0.15, 0.2) is 0 Å². The van der Waals surface area contributed by atoms with Crippen LogP contribution in [0.4, 0.5) is 0 Å². The predicted octanol–water partition coefficient (Wildman–Crippen LogP) is 2.60. The van der Waals surface area contributed by atoms with E-state index < -0.39 is 5.60 Å². The summed E-state index contributed by atoms with van der Waals surface area (Å²) >= 11 is 0. The van der Waals surface area contributed by atoms with Gasteiger partial charge in [0, 0.05) is 0 Å². The van der Waals surface area contributed by atoms with Crippen molar-refractivity contribution in [3.05, 3.63) is 23.7 Å². The fraction of sp³-hybridized carbons (Fsp3) is 0.667. The predicted molar refractivity (Wildman–Crippen MR) is 52.8 cm³/mol. The zero-order valence-corrected chi connectivity index (χ0v) is 8.49. The molecule has 2 nitrogen and oxygen atoms in total. The highest BCUT2D eigenvalue weighted by Crippen LogP contribution is 2.57. The molecule has 0 spiro atoms. The molecule has 1 N–H and O–H groups in total. The molecule has 0 unspecified atom stereocenters. The molecule has 2 fully saturated rings. The summed E-state index contributed by atoms with van der Waals surface area (Å²) in [5.74, 6) is 2.63. The molecule has 0 bridgehead atoms. The number of aliphatic hydroxyl groups is 1. The van der Waals surface area contributed by atoms with Crippen molar-refractivity contribution in [2.24, 2.45) is 11.8 Å².